The maximum atomic E-state index is 11.3. The van der Waals surface area contributed by atoms with E-state index in [4.69, 9.17) is 10.7 Å². The van der Waals surface area contributed by atoms with Crippen LogP contribution in [0.15, 0.2) is 23.1 Å². The predicted octanol–water partition coefficient (Wildman–Crippen LogP) is 2.49. The summed E-state index contributed by atoms with van der Waals surface area (Å²) < 4.78 is 22.5. The van der Waals surface area contributed by atoms with Crippen molar-refractivity contribution in [3.63, 3.8) is 0 Å². The summed E-state index contributed by atoms with van der Waals surface area (Å²) in [5.41, 5.74) is 2.06. The van der Waals surface area contributed by atoms with Gasteiger partial charge in [0.1, 0.15) is 0 Å². The monoisotopic (exact) mass is 230 g/mol. The smallest absolute Gasteiger partial charge is 0.207 e. The van der Waals surface area contributed by atoms with Crippen molar-refractivity contribution in [2.24, 2.45) is 0 Å². The summed E-state index contributed by atoms with van der Waals surface area (Å²) in [6.45, 7) is 0. The molecule has 0 fully saturated rings. The number of fused-ring (bicyclic) bond motifs is 1. The Morgan fingerprint density at radius 3 is 2.57 bits per heavy atom. The standard InChI is InChI=1S/C10H11ClO2S/c11-14(12,13)10-7-3-5-8-4-1-2-6-9(8)10/h3,5,7H,1-2,4,6H2. The van der Waals surface area contributed by atoms with Crippen molar-refractivity contribution in [3.05, 3.63) is 29.3 Å². The molecule has 0 bridgehead atoms. The van der Waals surface area contributed by atoms with Gasteiger partial charge in [0.2, 0.25) is 0 Å². The van der Waals surface area contributed by atoms with Crippen LogP contribution >= 0.6 is 10.7 Å². The van der Waals surface area contributed by atoms with Crippen molar-refractivity contribution >= 4 is 19.7 Å². The number of halogens is 1. The molecule has 0 unspecified atom stereocenters. The summed E-state index contributed by atoms with van der Waals surface area (Å²) in [4.78, 5) is 0.302. The minimum Gasteiger partial charge on any atom is -0.207 e. The molecule has 0 N–H and O–H groups in total. The number of hydrogen-bond acceptors (Lipinski definition) is 2. The molecule has 2 rings (SSSR count). The third-order valence-corrected chi connectivity index (χ3v) is 4.02. The first-order chi connectivity index (χ1) is 6.59. The number of benzene rings is 1. The third-order valence-electron chi connectivity index (χ3n) is 2.62. The van der Waals surface area contributed by atoms with E-state index in [1.165, 1.54) is 0 Å². The first-order valence-corrected chi connectivity index (χ1v) is 6.95. The number of hydrogen-bond donors (Lipinski definition) is 0. The Morgan fingerprint density at radius 1 is 1.14 bits per heavy atom. The lowest BCUT2D eigenvalue weighted by Gasteiger charge is -2.17. The van der Waals surface area contributed by atoms with E-state index in [0.717, 1.165) is 36.8 Å². The van der Waals surface area contributed by atoms with Crippen LogP contribution in [0.1, 0.15) is 24.0 Å². The van der Waals surface area contributed by atoms with Crippen molar-refractivity contribution in [1.29, 1.82) is 0 Å². The van der Waals surface area contributed by atoms with Gasteiger partial charge in [0, 0.05) is 10.7 Å². The Hall–Kier alpha value is -0.540. The molecule has 76 valence electrons. The lowest BCUT2D eigenvalue weighted by atomic mass is 9.92. The Bertz CT molecular complexity index is 451. The minimum absolute atomic E-state index is 0.302. The van der Waals surface area contributed by atoms with Crippen LogP contribution < -0.4 is 0 Å². The Morgan fingerprint density at radius 2 is 1.86 bits per heavy atom. The molecular formula is C10H11ClO2S. The highest BCUT2D eigenvalue weighted by Crippen LogP contribution is 2.28. The molecule has 0 saturated heterocycles. The van der Waals surface area contributed by atoms with Gasteiger partial charge in [-0.15, -0.1) is 0 Å². The van der Waals surface area contributed by atoms with Crippen molar-refractivity contribution < 1.29 is 8.42 Å². The normalized spacial score (nSPS) is 16.4. The van der Waals surface area contributed by atoms with Gasteiger partial charge in [-0.3, -0.25) is 0 Å². The largest absolute Gasteiger partial charge is 0.261 e. The van der Waals surface area contributed by atoms with Gasteiger partial charge >= 0.3 is 0 Å². The Labute approximate surface area is 88.3 Å². The molecule has 2 nitrogen and oxygen atoms in total. The highest BCUT2D eigenvalue weighted by Gasteiger charge is 2.19. The van der Waals surface area contributed by atoms with Crippen molar-refractivity contribution in [1.82, 2.24) is 0 Å². The molecule has 0 saturated carbocycles. The second kappa shape index (κ2) is 3.55. The molecule has 14 heavy (non-hydrogen) atoms. The van der Waals surface area contributed by atoms with E-state index in [9.17, 15) is 8.42 Å². The summed E-state index contributed by atoms with van der Waals surface area (Å²) in [5.74, 6) is 0. The lowest BCUT2D eigenvalue weighted by Crippen LogP contribution is -2.07. The van der Waals surface area contributed by atoms with E-state index in [1.807, 2.05) is 6.07 Å². The zero-order chi connectivity index (χ0) is 10.2. The van der Waals surface area contributed by atoms with Gasteiger partial charge < -0.3 is 0 Å². The summed E-state index contributed by atoms with van der Waals surface area (Å²) in [6, 6.07) is 5.34. The van der Waals surface area contributed by atoms with Crippen LogP contribution in [0.4, 0.5) is 0 Å². The van der Waals surface area contributed by atoms with E-state index in [0.29, 0.717) is 4.90 Å². The average Bonchev–Trinajstić information content (AvgIpc) is 2.15. The first-order valence-electron chi connectivity index (χ1n) is 4.64. The SMILES string of the molecule is O=S(=O)(Cl)c1cccc2c1CCCC2. The van der Waals surface area contributed by atoms with Crippen molar-refractivity contribution in [2.45, 2.75) is 30.6 Å². The second-order valence-corrected chi connectivity index (χ2v) is 6.07. The van der Waals surface area contributed by atoms with Crippen LogP contribution in [0, 0.1) is 0 Å². The van der Waals surface area contributed by atoms with Crippen LogP contribution in [0.5, 0.6) is 0 Å². The van der Waals surface area contributed by atoms with Crippen molar-refractivity contribution in [2.75, 3.05) is 0 Å². The molecule has 4 heteroatoms. The molecule has 0 amide bonds. The molecule has 0 aliphatic heterocycles. The Balaban J connectivity index is 2.62. The van der Waals surface area contributed by atoms with E-state index >= 15 is 0 Å². The molecule has 0 heterocycles. The predicted molar refractivity (Wildman–Crippen MR) is 56.1 cm³/mol. The quantitative estimate of drug-likeness (QED) is 0.695. The summed E-state index contributed by atoms with van der Waals surface area (Å²) in [7, 11) is 1.80. The van der Waals surface area contributed by atoms with E-state index in [-0.39, 0.29) is 0 Å². The highest BCUT2D eigenvalue weighted by molar-refractivity contribution is 8.13. The fourth-order valence-electron chi connectivity index (χ4n) is 1.97. The van der Waals surface area contributed by atoms with Crippen LogP contribution in [-0.4, -0.2) is 8.42 Å². The highest BCUT2D eigenvalue weighted by atomic mass is 35.7. The van der Waals surface area contributed by atoms with Gasteiger partial charge in [-0.05, 0) is 42.9 Å². The topological polar surface area (TPSA) is 34.1 Å². The third kappa shape index (κ3) is 1.79. The molecule has 0 spiro atoms. The van der Waals surface area contributed by atoms with E-state index in [2.05, 4.69) is 0 Å². The van der Waals surface area contributed by atoms with Crippen molar-refractivity contribution in [3.8, 4) is 0 Å². The molecule has 1 aromatic carbocycles. The van der Waals surface area contributed by atoms with E-state index in [1.54, 1.807) is 12.1 Å². The molecule has 0 radical (unpaired) electrons. The van der Waals surface area contributed by atoms with Crippen LogP contribution in [0.25, 0.3) is 0 Å². The van der Waals surface area contributed by atoms with Gasteiger partial charge in [-0.25, -0.2) is 8.42 Å². The summed E-state index contributed by atoms with van der Waals surface area (Å²) in [6.07, 6.45) is 3.99. The lowest BCUT2D eigenvalue weighted by molar-refractivity contribution is 0.604. The van der Waals surface area contributed by atoms with Crippen LogP contribution in [0.2, 0.25) is 0 Å². The summed E-state index contributed by atoms with van der Waals surface area (Å²) >= 11 is 0. The fourth-order valence-corrected chi connectivity index (χ4v) is 3.18. The summed E-state index contributed by atoms with van der Waals surface area (Å²) in [5, 5.41) is 0. The maximum absolute atomic E-state index is 11.3. The molecule has 0 atom stereocenters. The van der Waals surface area contributed by atoms with Gasteiger partial charge in [-0.1, -0.05) is 12.1 Å². The average molecular weight is 231 g/mol. The minimum atomic E-state index is -3.57. The number of rotatable bonds is 1. The fraction of sp³-hybridized carbons (Fsp3) is 0.400. The van der Waals surface area contributed by atoms with Gasteiger partial charge in [0.25, 0.3) is 9.05 Å². The maximum Gasteiger partial charge on any atom is 0.261 e. The van der Waals surface area contributed by atoms with Gasteiger partial charge in [-0.2, -0.15) is 0 Å². The molecule has 1 aromatic rings. The van der Waals surface area contributed by atoms with Gasteiger partial charge in [0.15, 0.2) is 0 Å². The van der Waals surface area contributed by atoms with Gasteiger partial charge in [0.05, 0.1) is 4.90 Å². The van der Waals surface area contributed by atoms with E-state index < -0.39 is 9.05 Å². The molecule has 1 aliphatic carbocycles. The Kier molecular flexibility index (Phi) is 2.54. The molecular weight excluding hydrogens is 220 g/mol. The van der Waals surface area contributed by atoms with Crippen LogP contribution in [0.3, 0.4) is 0 Å². The first kappa shape index (κ1) is 9.99. The number of aryl methyl sites for hydroxylation is 1. The van der Waals surface area contributed by atoms with Crippen LogP contribution in [-0.2, 0) is 21.9 Å². The molecule has 0 aromatic heterocycles. The second-order valence-electron chi connectivity index (χ2n) is 3.54. The zero-order valence-corrected chi connectivity index (χ0v) is 9.24. The zero-order valence-electron chi connectivity index (χ0n) is 7.66. The molecule has 1 aliphatic rings.